The third-order valence-corrected chi connectivity index (χ3v) is 9.02. The van der Waals surface area contributed by atoms with E-state index in [1.165, 1.54) is 25.7 Å². The van der Waals surface area contributed by atoms with Crippen LogP contribution in [0.2, 0.25) is 0 Å². The first-order chi connectivity index (χ1) is 13.5. The summed E-state index contributed by atoms with van der Waals surface area (Å²) in [5.74, 6) is 1.37. The summed E-state index contributed by atoms with van der Waals surface area (Å²) in [4.78, 5) is 15.3. The van der Waals surface area contributed by atoms with Crippen molar-refractivity contribution in [3.8, 4) is 0 Å². The SMILES string of the molecule is C[C@H]1CCCCN1S(=O)(=O)c1cccc(C(=O)N2CC[C@@H]3CCCC[C@@H]3C2)c1. The smallest absolute Gasteiger partial charge is 0.253 e. The summed E-state index contributed by atoms with van der Waals surface area (Å²) in [6.45, 7) is 4.15. The van der Waals surface area contributed by atoms with E-state index < -0.39 is 10.0 Å². The highest BCUT2D eigenvalue weighted by molar-refractivity contribution is 7.89. The molecule has 1 aliphatic carbocycles. The monoisotopic (exact) mass is 404 g/mol. The molecule has 0 spiro atoms. The Morgan fingerprint density at radius 2 is 1.71 bits per heavy atom. The van der Waals surface area contributed by atoms with E-state index in [2.05, 4.69) is 0 Å². The number of likely N-dealkylation sites (tertiary alicyclic amines) is 1. The van der Waals surface area contributed by atoms with Crippen molar-refractivity contribution < 1.29 is 13.2 Å². The lowest BCUT2D eigenvalue weighted by atomic mass is 9.75. The number of rotatable bonds is 3. The Morgan fingerprint density at radius 3 is 2.50 bits per heavy atom. The van der Waals surface area contributed by atoms with Crippen LogP contribution in [-0.4, -0.2) is 49.2 Å². The van der Waals surface area contributed by atoms with Crippen LogP contribution in [0.25, 0.3) is 0 Å². The second-order valence-corrected chi connectivity index (χ2v) is 10.7. The molecule has 2 heterocycles. The molecule has 1 aromatic carbocycles. The van der Waals surface area contributed by atoms with Crippen LogP contribution in [-0.2, 0) is 10.0 Å². The topological polar surface area (TPSA) is 57.7 Å². The van der Waals surface area contributed by atoms with Crippen molar-refractivity contribution in [3.63, 3.8) is 0 Å². The van der Waals surface area contributed by atoms with Gasteiger partial charge in [0.05, 0.1) is 4.90 Å². The average Bonchev–Trinajstić information content (AvgIpc) is 2.73. The number of carbonyl (C=O) groups excluding carboxylic acids is 1. The van der Waals surface area contributed by atoms with E-state index in [9.17, 15) is 13.2 Å². The van der Waals surface area contributed by atoms with E-state index in [0.717, 1.165) is 44.7 Å². The van der Waals surface area contributed by atoms with E-state index in [1.54, 1.807) is 28.6 Å². The zero-order valence-electron chi connectivity index (χ0n) is 16.8. The number of benzene rings is 1. The van der Waals surface area contributed by atoms with Gasteiger partial charge in [-0.1, -0.05) is 31.7 Å². The van der Waals surface area contributed by atoms with Crippen LogP contribution in [0.1, 0.15) is 68.6 Å². The van der Waals surface area contributed by atoms with Crippen molar-refractivity contribution in [2.24, 2.45) is 11.8 Å². The lowest BCUT2D eigenvalue weighted by Crippen LogP contribution is -2.45. The highest BCUT2D eigenvalue weighted by Gasteiger charge is 2.34. The van der Waals surface area contributed by atoms with Crippen LogP contribution >= 0.6 is 0 Å². The number of piperidine rings is 2. The Morgan fingerprint density at radius 1 is 0.964 bits per heavy atom. The molecule has 0 aromatic heterocycles. The summed E-state index contributed by atoms with van der Waals surface area (Å²) in [5, 5.41) is 0. The molecule has 0 radical (unpaired) electrons. The summed E-state index contributed by atoms with van der Waals surface area (Å²) < 4.78 is 27.9. The van der Waals surface area contributed by atoms with Gasteiger partial charge >= 0.3 is 0 Å². The number of nitrogens with zero attached hydrogens (tertiary/aromatic N) is 2. The minimum absolute atomic E-state index is 0.0171. The molecule has 0 unspecified atom stereocenters. The van der Waals surface area contributed by atoms with Gasteiger partial charge < -0.3 is 4.90 Å². The van der Waals surface area contributed by atoms with E-state index in [1.807, 2.05) is 11.8 Å². The van der Waals surface area contributed by atoms with Gasteiger partial charge in [0.15, 0.2) is 0 Å². The molecule has 5 nitrogen and oxygen atoms in total. The van der Waals surface area contributed by atoms with Gasteiger partial charge in [-0.15, -0.1) is 0 Å². The first kappa shape index (κ1) is 19.9. The summed E-state index contributed by atoms with van der Waals surface area (Å²) in [6.07, 6.45) is 9.06. The van der Waals surface area contributed by atoms with Gasteiger partial charge in [0.1, 0.15) is 0 Å². The van der Waals surface area contributed by atoms with Crippen molar-refractivity contribution in [3.05, 3.63) is 29.8 Å². The number of carbonyl (C=O) groups is 1. The Labute approximate surface area is 169 Å². The van der Waals surface area contributed by atoms with E-state index >= 15 is 0 Å². The van der Waals surface area contributed by atoms with E-state index in [4.69, 9.17) is 0 Å². The van der Waals surface area contributed by atoms with E-state index in [-0.39, 0.29) is 16.8 Å². The summed E-state index contributed by atoms with van der Waals surface area (Å²) in [7, 11) is -3.55. The number of amides is 1. The lowest BCUT2D eigenvalue weighted by Gasteiger charge is -2.41. The van der Waals surface area contributed by atoms with Crippen LogP contribution < -0.4 is 0 Å². The molecule has 0 N–H and O–H groups in total. The fraction of sp³-hybridized carbons (Fsp3) is 0.682. The molecular weight excluding hydrogens is 372 g/mol. The molecule has 1 amide bonds. The normalized spacial score (nSPS) is 29.3. The molecule has 4 rings (SSSR count). The van der Waals surface area contributed by atoms with Gasteiger partial charge in [0.25, 0.3) is 5.91 Å². The number of hydrogen-bond acceptors (Lipinski definition) is 3. The first-order valence-electron chi connectivity index (χ1n) is 10.9. The fourth-order valence-electron chi connectivity index (χ4n) is 5.32. The fourth-order valence-corrected chi connectivity index (χ4v) is 7.07. The summed E-state index contributed by atoms with van der Waals surface area (Å²) >= 11 is 0. The largest absolute Gasteiger partial charge is 0.338 e. The van der Waals surface area contributed by atoms with Gasteiger partial charge in [-0.05, 0) is 62.6 Å². The average molecular weight is 405 g/mol. The van der Waals surface area contributed by atoms with Crippen molar-refractivity contribution in [2.75, 3.05) is 19.6 Å². The van der Waals surface area contributed by atoms with Crippen LogP contribution in [0.15, 0.2) is 29.2 Å². The predicted molar refractivity (Wildman–Crippen MR) is 110 cm³/mol. The molecule has 154 valence electrons. The standard InChI is InChI=1S/C22H32N2O3S/c1-17-7-4-5-13-24(17)28(26,27)21-11-6-10-19(15-21)22(25)23-14-12-18-8-2-3-9-20(18)16-23/h6,10-11,15,17-18,20H,2-5,7-9,12-14,16H2,1H3/t17-,18-,20+/m0/s1. The highest BCUT2D eigenvalue weighted by atomic mass is 32.2. The molecular formula is C22H32N2O3S. The Hall–Kier alpha value is -1.40. The molecule has 6 heteroatoms. The molecule has 1 aromatic rings. The minimum Gasteiger partial charge on any atom is -0.338 e. The van der Waals surface area contributed by atoms with Crippen molar-refractivity contribution in [2.45, 2.75) is 69.2 Å². The van der Waals surface area contributed by atoms with E-state index in [0.29, 0.717) is 18.0 Å². The third-order valence-electron chi connectivity index (χ3n) is 7.01. The number of sulfonamides is 1. The molecule has 28 heavy (non-hydrogen) atoms. The van der Waals surface area contributed by atoms with Gasteiger partial charge in [-0.2, -0.15) is 4.31 Å². The van der Waals surface area contributed by atoms with Gasteiger partial charge in [-0.3, -0.25) is 4.79 Å². The van der Waals surface area contributed by atoms with Crippen LogP contribution in [0.3, 0.4) is 0 Å². The zero-order chi connectivity index (χ0) is 19.7. The van der Waals surface area contributed by atoms with Crippen molar-refractivity contribution >= 4 is 15.9 Å². The molecule has 0 bridgehead atoms. The Balaban J connectivity index is 1.52. The third kappa shape index (κ3) is 3.86. The quantitative estimate of drug-likeness (QED) is 0.768. The van der Waals surface area contributed by atoms with Crippen molar-refractivity contribution in [1.82, 2.24) is 9.21 Å². The number of fused-ring (bicyclic) bond motifs is 1. The number of hydrogen-bond donors (Lipinski definition) is 0. The molecule has 2 aliphatic heterocycles. The maximum absolute atomic E-state index is 13.1. The zero-order valence-corrected chi connectivity index (χ0v) is 17.7. The minimum atomic E-state index is -3.55. The molecule has 2 saturated heterocycles. The van der Waals surface area contributed by atoms with Crippen LogP contribution in [0.4, 0.5) is 0 Å². The van der Waals surface area contributed by atoms with Crippen molar-refractivity contribution in [1.29, 1.82) is 0 Å². The molecule has 3 atom stereocenters. The lowest BCUT2D eigenvalue weighted by molar-refractivity contribution is 0.0520. The summed E-state index contributed by atoms with van der Waals surface area (Å²) in [6, 6.07) is 6.70. The maximum atomic E-state index is 13.1. The molecule has 3 aliphatic rings. The Kier molecular flexibility index (Phi) is 5.79. The van der Waals surface area contributed by atoms with Crippen LogP contribution in [0.5, 0.6) is 0 Å². The second kappa shape index (κ2) is 8.15. The predicted octanol–water partition coefficient (Wildman–Crippen LogP) is 3.90. The highest BCUT2D eigenvalue weighted by Crippen LogP contribution is 2.36. The second-order valence-electron chi connectivity index (χ2n) is 8.83. The molecule has 3 fully saturated rings. The Bertz CT molecular complexity index is 823. The van der Waals surface area contributed by atoms with Gasteiger partial charge in [-0.25, -0.2) is 8.42 Å². The molecule has 1 saturated carbocycles. The first-order valence-corrected chi connectivity index (χ1v) is 12.3. The van der Waals surface area contributed by atoms with Gasteiger partial charge in [0.2, 0.25) is 10.0 Å². The van der Waals surface area contributed by atoms with Crippen LogP contribution in [0, 0.1) is 11.8 Å². The maximum Gasteiger partial charge on any atom is 0.253 e. The summed E-state index contributed by atoms with van der Waals surface area (Å²) in [5.41, 5.74) is 0.500. The van der Waals surface area contributed by atoms with Gasteiger partial charge in [0, 0.05) is 31.2 Å².